The summed E-state index contributed by atoms with van der Waals surface area (Å²) in [7, 11) is 3.82. The predicted molar refractivity (Wildman–Crippen MR) is 109 cm³/mol. The molecule has 0 amide bonds. The van der Waals surface area contributed by atoms with E-state index in [0.29, 0.717) is 0 Å². The van der Waals surface area contributed by atoms with Crippen molar-refractivity contribution in [1.29, 1.82) is 0 Å². The van der Waals surface area contributed by atoms with Gasteiger partial charge in [0.1, 0.15) is 11.3 Å². The average molecular weight is 359 g/mol. The van der Waals surface area contributed by atoms with E-state index < -0.39 is 0 Å². The molecule has 27 heavy (non-hydrogen) atoms. The van der Waals surface area contributed by atoms with Crippen LogP contribution in [0.1, 0.15) is 12.0 Å². The highest BCUT2D eigenvalue weighted by atomic mass is 16.5. The first-order chi connectivity index (χ1) is 13.2. The molecule has 0 bridgehead atoms. The van der Waals surface area contributed by atoms with Gasteiger partial charge in [-0.1, -0.05) is 0 Å². The number of ether oxygens (including phenoxy) is 1. The molecular formula is C21H21N5O. The molecular weight excluding hydrogens is 338 g/mol. The summed E-state index contributed by atoms with van der Waals surface area (Å²) in [6.45, 7) is 1.12. The van der Waals surface area contributed by atoms with Gasteiger partial charge in [0, 0.05) is 35.7 Å². The number of methoxy groups -OCH3 is 1. The summed E-state index contributed by atoms with van der Waals surface area (Å²) in [6.07, 6.45) is 4.14. The number of aryl methyl sites for hydroxylation is 1. The van der Waals surface area contributed by atoms with Gasteiger partial charge >= 0.3 is 0 Å². The molecule has 0 fully saturated rings. The summed E-state index contributed by atoms with van der Waals surface area (Å²) >= 11 is 0. The molecule has 4 aromatic rings. The number of nitrogens with one attached hydrogen (secondary N) is 2. The summed E-state index contributed by atoms with van der Waals surface area (Å²) in [4.78, 5) is 7.14. The third kappa shape index (κ3) is 2.65. The van der Waals surface area contributed by atoms with E-state index in [9.17, 15) is 0 Å². The Morgan fingerprint density at radius 3 is 2.96 bits per heavy atom. The van der Waals surface area contributed by atoms with Crippen molar-refractivity contribution in [3.63, 3.8) is 0 Å². The minimum Gasteiger partial charge on any atom is -0.497 e. The fraction of sp³-hybridized carbons (Fsp3) is 0.238. The quantitative estimate of drug-likeness (QED) is 0.573. The van der Waals surface area contributed by atoms with E-state index in [-0.39, 0.29) is 0 Å². The van der Waals surface area contributed by atoms with Gasteiger partial charge in [0.2, 0.25) is 0 Å². The minimum absolute atomic E-state index is 0.782. The van der Waals surface area contributed by atoms with Crippen LogP contribution in [0.15, 0.2) is 42.6 Å². The van der Waals surface area contributed by atoms with Crippen molar-refractivity contribution in [3.8, 4) is 5.75 Å². The van der Waals surface area contributed by atoms with Crippen LogP contribution in [0.25, 0.3) is 21.8 Å². The smallest absolute Gasteiger partial charge is 0.157 e. The van der Waals surface area contributed by atoms with Gasteiger partial charge in [-0.25, -0.2) is 4.98 Å². The number of aromatic amines is 1. The fourth-order valence-electron chi connectivity index (χ4n) is 3.89. The van der Waals surface area contributed by atoms with Crippen LogP contribution in [0.3, 0.4) is 0 Å². The summed E-state index contributed by atoms with van der Waals surface area (Å²) in [5.41, 5.74) is 5.54. The van der Waals surface area contributed by atoms with Crippen molar-refractivity contribution in [2.45, 2.75) is 12.8 Å². The van der Waals surface area contributed by atoms with Crippen LogP contribution in [-0.4, -0.2) is 35.9 Å². The van der Waals surface area contributed by atoms with Gasteiger partial charge in [-0.2, -0.15) is 5.10 Å². The molecule has 6 nitrogen and oxygen atoms in total. The molecule has 0 unspecified atom stereocenters. The highest BCUT2D eigenvalue weighted by molar-refractivity contribution is 6.09. The highest BCUT2D eigenvalue weighted by Crippen LogP contribution is 2.33. The number of H-pyrrole nitrogens is 1. The van der Waals surface area contributed by atoms with Gasteiger partial charge in [0.15, 0.2) is 5.82 Å². The number of hydrogen-bond acceptors (Lipinski definition) is 5. The Labute approximate surface area is 157 Å². The molecule has 0 saturated heterocycles. The van der Waals surface area contributed by atoms with Gasteiger partial charge in [0.05, 0.1) is 18.8 Å². The van der Waals surface area contributed by atoms with Crippen LogP contribution in [0, 0.1) is 0 Å². The first-order valence-corrected chi connectivity index (χ1v) is 9.15. The SMILES string of the molecule is COc1ccc2nc(Nc3ccc4c(c3)CCCN4C)c3[nH]ncc3c2c1. The fourth-order valence-corrected chi connectivity index (χ4v) is 3.89. The zero-order valence-corrected chi connectivity index (χ0v) is 15.4. The number of aromatic nitrogens is 3. The summed E-state index contributed by atoms with van der Waals surface area (Å²) in [5, 5.41) is 12.9. The van der Waals surface area contributed by atoms with Crippen LogP contribution in [0.5, 0.6) is 5.75 Å². The summed E-state index contributed by atoms with van der Waals surface area (Å²) in [5.74, 6) is 1.59. The van der Waals surface area contributed by atoms with E-state index in [1.54, 1.807) is 7.11 Å². The lowest BCUT2D eigenvalue weighted by molar-refractivity contribution is 0.415. The standard InChI is InChI=1S/C21H21N5O/c1-26-9-3-4-13-10-14(5-8-19(13)26)23-21-20-17(12-22-25-20)16-11-15(27-2)6-7-18(16)24-21/h5-8,10-12H,3-4,9H2,1-2H3,(H,22,25)(H,23,24). The van der Waals surface area contributed by atoms with Crippen LogP contribution < -0.4 is 15.0 Å². The van der Waals surface area contributed by atoms with E-state index in [2.05, 4.69) is 45.7 Å². The van der Waals surface area contributed by atoms with Crippen molar-refractivity contribution in [2.75, 3.05) is 30.9 Å². The van der Waals surface area contributed by atoms with E-state index >= 15 is 0 Å². The van der Waals surface area contributed by atoms with Crippen molar-refractivity contribution < 1.29 is 4.74 Å². The Kier molecular flexibility index (Phi) is 3.63. The minimum atomic E-state index is 0.782. The Morgan fingerprint density at radius 1 is 1.15 bits per heavy atom. The number of rotatable bonds is 3. The molecule has 0 aliphatic carbocycles. The van der Waals surface area contributed by atoms with Crippen LogP contribution >= 0.6 is 0 Å². The lowest BCUT2D eigenvalue weighted by atomic mass is 10.0. The third-order valence-electron chi connectivity index (χ3n) is 5.30. The molecule has 2 aromatic heterocycles. The first kappa shape index (κ1) is 15.9. The molecule has 0 radical (unpaired) electrons. The van der Waals surface area contributed by atoms with E-state index in [0.717, 1.165) is 52.0 Å². The first-order valence-electron chi connectivity index (χ1n) is 9.15. The maximum Gasteiger partial charge on any atom is 0.157 e. The van der Waals surface area contributed by atoms with Gasteiger partial charge in [0.25, 0.3) is 0 Å². The maximum absolute atomic E-state index is 5.36. The summed E-state index contributed by atoms with van der Waals surface area (Å²) in [6, 6.07) is 12.4. The van der Waals surface area contributed by atoms with E-state index in [4.69, 9.17) is 9.72 Å². The van der Waals surface area contributed by atoms with Gasteiger partial charge in [-0.15, -0.1) is 0 Å². The number of benzene rings is 2. The molecule has 0 spiro atoms. The topological polar surface area (TPSA) is 66.1 Å². The van der Waals surface area contributed by atoms with Gasteiger partial charge in [-0.05, 0) is 54.8 Å². The third-order valence-corrected chi connectivity index (χ3v) is 5.30. The normalized spacial score (nSPS) is 13.8. The van der Waals surface area contributed by atoms with Crippen molar-refractivity contribution in [2.24, 2.45) is 0 Å². The monoisotopic (exact) mass is 359 g/mol. The second kappa shape index (κ2) is 6.16. The predicted octanol–water partition coefficient (Wildman–Crippen LogP) is 4.25. The number of hydrogen-bond donors (Lipinski definition) is 2. The molecule has 2 N–H and O–H groups in total. The molecule has 136 valence electrons. The molecule has 0 atom stereocenters. The number of pyridine rings is 1. The van der Waals surface area contributed by atoms with E-state index in [1.807, 2.05) is 24.4 Å². The average Bonchev–Trinajstić information content (AvgIpc) is 3.18. The van der Waals surface area contributed by atoms with Crippen molar-refractivity contribution in [3.05, 3.63) is 48.2 Å². The highest BCUT2D eigenvalue weighted by Gasteiger charge is 2.15. The Morgan fingerprint density at radius 2 is 2.07 bits per heavy atom. The largest absolute Gasteiger partial charge is 0.497 e. The maximum atomic E-state index is 5.36. The van der Waals surface area contributed by atoms with Crippen molar-refractivity contribution >= 4 is 39.0 Å². The number of anilines is 3. The number of fused-ring (bicyclic) bond motifs is 4. The Bertz CT molecular complexity index is 1150. The molecule has 1 aliphatic heterocycles. The lowest BCUT2D eigenvalue weighted by Gasteiger charge is -2.27. The summed E-state index contributed by atoms with van der Waals surface area (Å²) < 4.78 is 5.36. The van der Waals surface area contributed by atoms with Crippen LogP contribution in [0.2, 0.25) is 0 Å². The molecule has 3 heterocycles. The molecule has 5 rings (SSSR count). The van der Waals surface area contributed by atoms with Gasteiger partial charge < -0.3 is 15.0 Å². The zero-order valence-electron chi connectivity index (χ0n) is 15.4. The van der Waals surface area contributed by atoms with Gasteiger partial charge in [-0.3, -0.25) is 5.10 Å². The molecule has 6 heteroatoms. The Balaban J connectivity index is 1.59. The lowest BCUT2D eigenvalue weighted by Crippen LogP contribution is -2.24. The second-order valence-electron chi connectivity index (χ2n) is 7.00. The van der Waals surface area contributed by atoms with Crippen LogP contribution in [0.4, 0.5) is 17.2 Å². The van der Waals surface area contributed by atoms with Crippen LogP contribution in [-0.2, 0) is 6.42 Å². The molecule has 2 aromatic carbocycles. The Hall–Kier alpha value is -3.28. The number of nitrogens with zero attached hydrogens (tertiary/aromatic N) is 3. The van der Waals surface area contributed by atoms with E-state index in [1.165, 1.54) is 17.7 Å². The molecule has 1 aliphatic rings. The zero-order chi connectivity index (χ0) is 18.4. The molecule has 0 saturated carbocycles. The van der Waals surface area contributed by atoms with Crippen molar-refractivity contribution in [1.82, 2.24) is 15.2 Å². The second-order valence-corrected chi connectivity index (χ2v) is 7.00.